The van der Waals surface area contributed by atoms with E-state index in [4.69, 9.17) is 39.3 Å². The minimum absolute atomic E-state index is 0.00114. The minimum Gasteiger partial charge on any atom is -0.493 e. The maximum atomic E-state index is 13.5. The monoisotopic (exact) mass is 1130 g/mol. The highest BCUT2D eigenvalue weighted by molar-refractivity contribution is 5.98. The quantitative estimate of drug-likeness (QED) is 0.0857. The molecule has 0 fully saturated rings. The minimum atomic E-state index is -1.27. The van der Waals surface area contributed by atoms with Crippen molar-refractivity contribution in [1.29, 1.82) is 0 Å². The summed E-state index contributed by atoms with van der Waals surface area (Å²) in [6, 6.07) is 28.6. The largest absolute Gasteiger partial charge is 0.493 e. The molecule has 0 aliphatic heterocycles. The molecule has 10 aromatic rings. The number of nitrogen functional groups attached to an aromatic ring is 1. The number of anilines is 1. The number of Topliss-reactive ketones (excluding diaryl/α,β-unsaturated/α-hetero) is 1. The van der Waals surface area contributed by atoms with E-state index < -0.39 is 28.5 Å². The number of halogens is 2. The van der Waals surface area contributed by atoms with Crippen molar-refractivity contribution in [2.75, 3.05) is 34.2 Å². The van der Waals surface area contributed by atoms with Crippen LogP contribution in [-0.4, -0.2) is 74.4 Å². The Morgan fingerprint density at radius 1 is 0.530 bits per heavy atom. The number of rotatable bonds is 16. The highest BCUT2D eigenvalue weighted by Crippen LogP contribution is 2.38. The van der Waals surface area contributed by atoms with Crippen LogP contribution >= 0.6 is 0 Å². The Labute approximate surface area is 474 Å². The second kappa shape index (κ2) is 26.2. The van der Waals surface area contributed by atoms with Gasteiger partial charge in [-0.1, -0.05) is 24.3 Å². The number of hydrogen-bond donors (Lipinski definition) is 2. The smallest absolute Gasteiger partial charge is 0.341 e. The van der Waals surface area contributed by atoms with Gasteiger partial charge in [0.25, 0.3) is 0 Å². The Hall–Kier alpha value is -10.5. The third-order valence-corrected chi connectivity index (χ3v) is 12.9. The van der Waals surface area contributed by atoms with Crippen molar-refractivity contribution in [3.63, 3.8) is 0 Å². The van der Waals surface area contributed by atoms with Gasteiger partial charge in [0.15, 0.2) is 34.2 Å². The molecule has 0 bridgehead atoms. The van der Waals surface area contributed by atoms with E-state index in [2.05, 4.69) is 19.9 Å². The van der Waals surface area contributed by atoms with Crippen molar-refractivity contribution in [3.8, 4) is 68.2 Å². The van der Waals surface area contributed by atoms with Crippen LogP contribution in [0.25, 0.3) is 44.1 Å². The van der Waals surface area contributed by atoms with E-state index in [1.807, 2.05) is 39.8 Å². The summed E-state index contributed by atoms with van der Waals surface area (Å²) >= 11 is 0. The van der Waals surface area contributed by atoms with Crippen molar-refractivity contribution in [3.05, 3.63) is 208 Å². The normalized spacial score (nSPS) is 10.8. The Morgan fingerprint density at radius 3 is 1.35 bits per heavy atom. The molecular weight excluding hydrogens is 1070 g/mol. The molecule has 424 valence electrons. The Bertz CT molecular complexity index is 4080. The molecule has 4 aromatic carbocycles. The molecule has 0 saturated carbocycles. The third-order valence-electron chi connectivity index (χ3n) is 12.9. The van der Waals surface area contributed by atoms with Crippen LogP contribution < -0.4 is 45.0 Å². The zero-order valence-electron chi connectivity index (χ0n) is 46.4. The highest BCUT2D eigenvalue weighted by Gasteiger charge is 2.20. The fourth-order valence-corrected chi connectivity index (χ4v) is 8.43. The van der Waals surface area contributed by atoms with Crippen LogP contribution in [0.1, 0.15) is 66.2 Å². The molecule has 0 aliphatic rings. The Kier molecular flexibility index (Phi) is 18.5. The van der Waals surface area contributed by atoms with Gasteiger partial charge in [0.2, 0.25) is 5.43 Å². The van der Waals surface area contributed by atoms with Crippen LogP contribution in [0.4, 0.5) is 14.6 Å². The zero-order valence-corrected chi connectivity index (χ0v) is 46.4. The molecule has 6 heterocycles. The number of carbonyl (C=O) groups excluding carboxylic acids is 1. The van der Waals surface area contributed by atoms with Gasteiger partial charge in [0, 0.05) is 89.0 Å². The lowest BCUT2D eigenvalue weighted by Gasteiger charge is -2.15. The lowest BCUT2D eigenvalue weighted by molar-refractivity contribution is 0.0694. The number of ether oxygens (including phenoxy) is 6. The number of fused-ring (bicyclic) bond motifs is 2. The number of pyridine rings is 6. The average molecular weight is 1130 g/mol. The van der Waals surface area contributed by atoms with Crippen LogP contribution in [0, 0.1) is 11.6 Å². The highest BCUT2D eigenvalue weighted by atomic mass is 19.1. The van der Waals surface area contributed by atoms with Crippen molar-refractivity contribution < 1.29 is 51.9 Å². The van der Waals surface area contributed by atoms with E-state index in [1.165, 1.54) is 60.9 Å². The molecule has 0 spiro atoms. The predicted octanol–water partition coefficient (Wildman–Crippen LogP) is 12.4. The molecule has 3 N–H and O–H groups in total. The lowest BCUT2D eigenvalue weighted by atomic mass is 10.0. The van der Waals surface area contributed by atoms with E-state index >= 15 is 0 Å². The SMILES string of the molecule is CC(C)n1cc(C(=O)O)c(=O)c(-c2ccc(F)cc2)c1.COc1cc2nccc(Oc3ccc(CC(=O)c4cn(C(C)C)cc(-c5ccc(F)cc5)c4=O)nc3)c2cc1OC.COc1cc2nccc(Oc3ccc(N)nc3)c2cc1OC. The molecule has 0 amide bonds. The number of ketones is 1. The molecule has 0 saturated heterocycles. The molecular formula is C63H57F2N7O11. The number of nitrogens with zero attached hydrogens (tertiary/aromatic N) is 6. The predicted molar refractivity (Wildman–Crippen MR) is 311 cm³/mol. The van der Waals surface area contributed by atoms with Crippen molar-refractivity contribution in [1.82, 2.24) is 29.1 Å². The van der Waals surface area contributed by atoms with Crippen LogP contribution in [0.15, 0.2) is 168 Å². The van der Waals surface area contributed by atoms with E-state index in [0.29, 0.717) is 79.7 Å². The topological polar surface area (TPSA) is 231 Å². The standard InChI is InChI=1S/C32H28FN3O5.C16H15N3O3.C15H14FNO3/c1-19(2)36-17-25(20-5-7-21(33)8-6-20)32(38)26(18-36)28(37)13-22-9-10-23(16-35-22)41-29-11-12-34-27-15-31(40-4)30(39-3)14-24(27)29;1-20-14-7-11-12(8-15(14)21-2)18-6-5-13(11)22-10-3-4-16(17)19-9-10;1-9(2)17-7-12(10-3-5-11(16)6-4-10)14(18)13(8-17)15(19)20/h5-12,14-19H,13H2,1-4H3;3-9H,1-2H3,(H2,17,19);3-9H,1-2H3,(H,19,20). The van der Waals surface area contributed by atoms with Crippen LogP contribution in [0.3, 0.4) is 0 Å². The average Bonchev–Trinajstić information content (AvgIpc) is 3.69. The summed E-state index contributed by atoms with van der Waals surface area (Å²) in [4.78, 5) is 67.1. The van der Waals surface area contributed by atoms with Gasteiger partial charge in [-0.25, -0.2) is 18.6 Å². The summed E-state index contributed by atoms with van der Waals surface area (Å²) in [7, 11) is 6.29. The maximum Gasteiger partial charge on any atom is 0.341 e. The molecule has 83 heavy (non-hydrogen) atoms. The number of carboxylic acids is 1. The van der Waals surface area contributed by atoms with Crippen LogP contribution in [0.2, 0.25) is 0 Å². The first-order valence-corrected chi connectivity index (χ1v) is 25.7. The first-order chi connectivity index (χ1) is 39.9. The van der Waals surface area contributed by atoms with E-state index in [9.17, 15) is 28.0 Å². The Balaban J connectivity index is 0.000000180. The van der Waals surface area contributed by atoms with Gasteiger partial charge in [0.05, 0.1) is 63.9 Å². The molecule has 0 radical (unpaired) electrons. The molecule has 6 aromatic heterocycles. The summed E-state index contributed by atoms with van der Waals surface area (Å²) < 4.78 is 63.2. The molecule has 20 heteroatoms. The lowest BCUT2D eigenvalue weighted by Crippen LogP contribution is -2.22. The van der Waals surface area contributed by atoms with Crippen LogP contribution in [-0.2, 0) is 6.42 Å². The zero-order chi connectivity index (χ0) is 59.5. The fourth-order valence-electron chi connectivity index (χ4n) is 8.43. The van der Waals surface area contributed by atoms with Gasteiger partial charge in [0.1, 0.15) is 46.0 Å². The summed E-state index contributed by atoms with van der Waals surface area (Å²) in [6.07, 6.45) is 12.5. The Morgan fingerprint density at radius 2 is 0.952 bits per heavy atom. The number of aromatic carboxylic acids is 1. The van der Waals surface area contributed by atoms with Crippen molar-refractivity contribution in [2.45, 2.75) is 46.2 Å². The summed E-state index contributed by atoms with van der Waals surface area (Å²) in [5, 5.41) is 10.7. The maximum absolute atomic E-state index is 13.5. The molecule has 10 rings (SSSR count). The van der Waals surface area contributed by atoms with E-state index in [-0.39, 0.29) is 41.0 Å². The first kappa shape index (κ1) is 58.6. The molecule has 0 unspecified atom stereocenters. The van der Waals surface area contributed by atoms with Gasteiger partial charge in [-0.15, -0.1) is 0 Å². The van der Waals surface area contributed by atoms with Gasteiger partial charge in [-0.3, -0.25) is 29.3 Å². The van der Waals surface area contributed by atoms with Gasteiger partial charge < -0.3 is 48.4 Å². The van der Waals surface area contributed by atoms with Crippen molar-refractivity contribution in [2.24, 2.45) is 0 Å². The fraction of sp³-hybridized carbons (Fsp3) is 0.175. The summed E-state index contributed by atoms with van der Waals surface area (Å²) in [5.41, 5.74) is 7.88. The number of carbonyl (C=O) groups is 2. The number of aromatic nitrogens is 6. The van der Waals surface area contributed by atoms with E-state index in [0.717, 1.165) is 16.3 Å². The summed E-state index contributed by atoms with van der Waals surface area (Å²) in [6.45, 7) is 7.66. The van der Waals surface area contributed by atoms with Crippen LogP contribution in [0.5, 0.6) is 46.0 Å². The molecule has 18 nitrogen and oxygen atoms in total. The van der Waals surface area contributed by atoms with Gasteiger partial charge in [-0.2, -0.15) is 0 Å². The van der Waals surface area contributed by atoms with Gasteiger partial charge in [-0.05, 0) is 112 Å². The molecule has 0 atom stereocenters. The molecule has 0 aliphatic carbocycles. The third kappa shape index (κ3) is 13.9. The number of methoxy groups -OCH3 is 4. The summed E-state index contributed by atoms with van der Waals surface area (Å²) in [5.74, 6) is 2.59. The number of carboxylic acid groups (broad SMARTS) is 1. The first-order valence-electron chi connectivity index (χ1n) is 25.7. The second-order valence-electron chi connectivity index (χ2n) is 19.0. The van der Waals surface area contributed by atoms with Crippen molar-refractivity contribution >= 4 is 39.4 Å². The second-order valence-corrected chi connectivity index (χ2v) is 19.0. The van der Waals surface area contributed by atoms with E-state index in [1.54, 1.807) is 123 Å². The number of hydrogen-bond acceptors (Lipinski definition) is 15. The van der Waals surface area contributed by atoms with Gasteiger partial charge >= 0.3 is 5.97 Å². The number of benzene rings is 4. The number of nitrogens with two attached hydrogens (primary N) is 1.